The minimum absolute atomic E-state index is 0.121. The summed E-state index contributed by atoms with van der Waals surface area (Å²) in [6.07, 6.45) is 0. The van der Waals surface area contributed by atoms with Crippen LogP contribution in [0.4, 0.5) is 0 Å². The van der Waals surface area contributed by atoms with Crippen molar-refractivity contribution in [3.8, 4) is 11.5 Å². The van der Waals surface area contributed by atoms with Crippen molar-refractivity contribution in [1.29, 1.82) is 0 Å². The molecule has 1 N–H and O–H groups in total. The van der Waals surface area contributed by atoms with Crippen molar-refractivity contribution in [2.75, 3.05) is 7.11 Å². The van der Waals surface area contributed by atoms with E-state index < -0.39 is 5.97 Å². The average molecular weight is 300 g/mol. The summed E-state index contributed by atoms with van der Waals surface area (Å²) in [5.74, 6) is 0.267. The van der Waals surface area contributed by atoms with E-state index in [-0.39, 0.29) is 11.3 Å². The molecule has 0 unspecified atom stereocenters. The molecule has 2 aromatic carbocycles. The SMILES string of the molecule is COC(=O)c1ccc(OCc2ccc(C(C)C)cc2)cc1O. The second-order valence-electron chi connectivity index (χ2n) is 5.36. The van der Waals surface area contributed by atoms with Gasteiger partial charge in [0, 0.05) is 6.07 Å². The number of methoxy groups -OCH3 is 1. The Morgan fingerprint density at radius 2 is 1.82 bits per heavy atom. The Bertz CT molecular complexity index is 645. The standard InChI is InChI=1S/C18H20O4/c1-12(2)14-6-4-13(5-7-14)11-22-15-8-9-16(17(19)10-15)18(20)21-3/h4-10,12,19H,11H2,1-3H3. The van der Waals surface area contributed by atoms with E-state index in [1.54, 1.807) is 6.07 Å². The number of phenols is 1. The fourth-order valence-electron chi connectivity index (χ4n) is 2.05. The summed E-state index contributed by atoms with van der Waals surface area (Å²) in [5, 5.41) is 9.81. The molecule has 0 radical (unpaired) electrons. The lowest BCUT2D eigenvalue weighted by Gasteiger charge is -2.10. The number of hydrogen-bond donors (Lipinski definition) is 1. The monoisotopic (exact) mass is 300 g/mol. The highest BCUT2D eigenvalue weighted by Crippen LogP contribution is 2.25. The second-order valence-corrected chi connectivity index (χ2v) is 5.36. The van der Waals surface area contributed by atoms with Gasteiger partial charge in [-0.2, -0.15) is 0 Å². The van der Waals surface area contributed by atoms with Crippen LogP contribution in [0.5, 0.6) is 11.5 Å². The van der Waals surface area contributed by atoms with Gasteiger partial charge in [-0.15, -0.1) is 0 Å². The van der Waals surface area contributed by atoms with Gasteiger partial charge in [-0.1, -0.05) is 38.1 Å². The Balaban J connectivity index is 2.02. The van der Waals surface area contributed by atoms with Gasteiger partial charge in [-0.05, 0) is 29.2 Å². The van der Waals surface area contributed by atoms with E-state index in [9.17, 15) is 9.90 Å². The number of benzene rings is 2. The molecule has 2 aromatic rings. The second kappa shape index (κ2) is 6.98. The van der Waals surface area contributed by atoms with Crippen LogP contribution in [0.3, 0.4) is 0 Å². The van der Waals surface area contributed by atoms with Crippen molar-refractivity contribution in [1.82, 2.24) is 0 Å². The van der Waals surface area contributed by atoms with Crippen molar-refractivity contribution in [3.05, 3.63) is 59.2 Å². The fourth-order valence-corrected chi connectivity index (χ4v) is 2.05. The maximum atomic E-state index is 11.4. The first-order chi connectivity index (χ1) is 10.5. The molecule has 0 aliphatic carbocycles. The Hall–Kier alpha value is -2.49. The molecule has 0 aromatic heterocycles. The molecule has 0 aliphatic rings. The Labute approximate surface area is 130 Å². The highest BCUT2D eigenvalue weighted by atomic mass is 16.5. The zero-order valence-corrected chi connectivity index (χ0v) is 13.0. The maximum absolute atomic E-state index is 11.4. The molecule has 2 rings (SSSR count). The molecule has 0 fully saturated rings. The van der Waals surface area contributed by atoms with E-state index in [0.717, 1.165) is 5.56 Å². The number of carbonyl (C=O) groups is 1. The summed E-state index contributed by atoms with van der Waals surface area (Å²) in [7, 11) is 1.27. The van der Waals surface area contributed by atoms with Crippen LogP contribution in [0.15, 0.2) is 42.5 Å². The summed E-state index contributed by atoms with van der Waals surface area (Å²) in [4.78, 5) is 11.4. The summed E-state index contributed by atoms with van der Waals surface area (Å²) >= 11 is 0. The fraction of sp³-hybridized carbons (Fsp3) is 0.278. The van der Waals surface area contributed by atoms with Crippen LogP contribution in [-0.4, -0.2) is 18.2 Å². The van der Waals surface area contributed by atoms with Gasteiger partial charge in [0.05, 0.1) is 7.11 Å². The first-order valence-corrected chi connectivity index (χ1v) is 7.14. The molecule has 0 atom stereocenters. The van der Waals surface area contributed by atoms with Crippen LogP contribution in [0.2, 0.25) is 0 Å². The molecule has 116 valence electrons. The Morgan fingerprint density at radius 3 is 2.36 bits per heavy atom. The zero-order valence-electron chi connectivity index (χ0n) is 13.0. The van der Waals surface area contributed by atoms with Crippen molar-refractivity contribution in [2.24, 2.45) is 0 Å². The van der Waals surface area contributed by atoms with Crippen LogP contribution in [0, 0.1) is 0 Å². The smallest absolute Gasteiger partial charge is 0.341 e. The van der Waals surface area contributed by atoms with E-state index in [4.69, 9.17) is 4.74 Å². The Kier molecular flexibility index (Phi) is 5.04. The van der Waals surface area contributed by atoms with E-state index in [1.807, 2.05) is 12.1 Å². The normalized spacial score (nSPS) is 10.5. The van der Waals surface area contributed by atoms with Gasteiger partial charge in [0.25, 0.3) is 0 Å². The summed E-state index contributed by atoms with van der Waals surface area (Å²) in [6, 6.07) is 12.7. The number of aromatic hydroxyl groups is 1. The van der Waals surface area contributed by atoms with Crippen LogP contribution < -0.4 is 4.74 Å². The predicted molar refractivity (Wildman–Crippen MR) is 84.3 cm³/mol. The van der Waals surface area contributed by atoms with E-state index in [1.165, 1.54) is 24.8 Å². The minimum atomic E-state index is -0.576. The van der Waals surface area contributed by atoms with Crippen molar-refractivity contribution >= 4 is 5.97 Å². The first-order valence-electron chi connectivity index (χ1n) is 7.14. The highest BCUT2D eigenvalue weighted by Gasteiger charge is 2.12. The third kappa shape index (κ3) is 3.79. The van der Waals surface area contributed by atoms with Gasteiger partial charge in [0.2, 0.25) is 0 Å². The molecule has 4 heteroatoms. The molecule has 0 bridgehead atoms. The molecule has 22 heavy (non-hydrogen) atoms. The number of esters is 1. The molecular formula is C18H20O4. The molecule has 0 aliphatic heterocycles. The van der Waals surface area contributed by atoms with Crippen molar-refractivity contribution < 1.29 is 19.4 Å². The maximum Gasteiger partial charge on any atom is 0.341 e. The van der Waals surface area contributed by atoms with Crippen molar-refractivity contribution in [2.45, 2.75) is 26.4 Å². The Morgan fingerprint density at radius 1 is 1.14 bits per heavy atom. The molecule has 0 spiro atoms. The molecule has 0 amide bonds. The molecular weight excluding hydrogens is 280 g/mol. The topological polar surface area (TPSA) is 55.8 Å². The van der Waals surface area contributed by atoms with E-state index in [2.05, 4.69) is 30.7 Å². The zero-order chi connectivity index (χ0) is 16.1. The number of rotatable bonds is 5. The lowest BCUT2D eigenvalue weighted by Crippen LogP contribution is -2.02. The largest absolute Gasteiger partial charge is 0.507 e. The van der Waals surface area contributed by atoms with Crippen molar-refractivity contribution in [3.63, 3.8) is 0 Å². The number of phenolic OH excluding ortho intramolecular Hbond substituents is 1. The minimum Gasteiger partial charge on any atom is -0.507 e. The quantitative estimate of drug-likeness (QED) is 0.851. The third-order valence-electron chi connectivity index (χ3n) is 3.43. The van der Waals surface area contributed by atoms with Gasteiger partial charge >= 0.3 is 5.97 Å². The van der Waals surface area contributed by atoms with Gasteiger partial charge in [0.1, 0.15) is 23.7 Å². The van der Waals surface area contributed by atoms with E-state index >= 15 is 0 Å². The van der Waals surface area contributed by atoms with Gasteiger partial charge in [-0.3, -0.25) is 0 Å². The highest BCUT2D eigenvalue weighted by molar-refractivity contribution is 5.92. The molecule has 4 nitrogen and oxygen atoms in total. The third-order valence-corrected chi connectivity index (χ3v) is 3.43. The summed E-state index contributed by atoms with van der Waals surface area (Å²) < 4.78 is 10.2. The molecule has 0 saturated carbocycles. The summed E-state index contributed by atoms with van der Waals surface area (Å²) in [5.41, 5.74) is 2.45. The van der Waals surface area contributed by atoms with Crippen LogP contribution in [0.25, 0.3) is 0 Å². The van der Waals surface area contributed by atoms with Gasteiger partial charge < -0.3 is 14.6 Å². The summed E-state index contributed by atoms with van der Waals surface area (Å²) in [6.45, 7) is 4.70. The molecule has 0 heterocycles. The van der Waals surface area contributed by atoms with E-state index in [0.29, 0.717) is 18.3 Å². The van der Waals surface area contributed by atoms with Crippen LogP contribution >= 0.6 is 0 Å². The number of ether oxygens (including phenoxy) is 2. The van der Waals surface area contributed by atoms with Gasteiger partial charge in [0.15, 0.2) is 0 Å². The number of carbonyl (C=O) groups excluding carboxylic acids is 1. The lowest BCUT2D eigenvalue weighted by molar-refractivity contribution is 0.0597. The average Bonchev–Trinajstić information content (AvgIpc) is 2.52. The van der Waals surface area contributed by atoms with Crippen LogP contribution in [-0.2, 0) is 11.3 Å². The van der Waals surface area contributed by atoms with Crippen LogP contribution in [0.1, 0.15) is 41.3 Å². The lowest BCUT2D eigenvalue weighted by atomic mass is 10.0. The molecule has 0 saturated heterocycles. The first kappa shape index (κ1) is 15.9. The number of hydrogen-bond acceptors (Lipinski definition) is 4. The predicted octanol–water partition coefficient (Wildman–Crippen LogP) is 3.88. The van der Waals surface area contributed by atoms with Gasteiger partial charge in [-0.25, -0.2) is 4.79 Å².